The van der Waals surface area contributed by atoms with Crippen molar-refractivity contribution in [1.29, 1.82) is 0 Å². The topological polar surface area (TPSA) is 88.5 Å². The van der Waals surface area contributed by atoms with Gasteiger partial charge in [-0.3, -0.25) is 4.79 Å². The number of amides is 1. The van der Waals surface area contributed by atoms with E-state index < -0.39 is 5.97 Å². The summed E-state index contributed by atoms with van der Waals surface area (Å²) in [5, 5.41) is 12.5. The molecule has 1 atom stereocenters. The van der Waals surface area contributed by atoms with Crippen LogP contribution in [0.1, 0.15) is 64.2 Å². The van der Waals surface area contributed by atoms with Crippen molar-refractivity contribution in [3.05, 3.63) is 44.9 Å². The monoisotopic (exact) mass is 376 g/mol. The van der Waals surface area contributed by atoms with Crippen LogP contribution in [0.2, 0.25) is 0 Å². The molecule has 7 heteroatoms. The summed E-state index contributed by atoms with van der Waals surface area (Å²) in [7, 11) is 0. The van der Waals surface area contributed by atoms with Crippen LogP contribution in [0.3, 0.4) is 0 Å². The number of nitrogens with zero attached hydrogens (tertiary/aromatic N) is 1. The lowest BCUT2D eigenvalue weighted by atomic mass is 10.0. The highest BCUT2D eigenvalue weighted by Gasteiger charge is 2.19. The van der Waals surface area contributed by atoms with Crippen LogP contribution in [0.25, 0.3) is 0 Å². The molecular weight excluding hydrogens is 352 g/mol. The van der Waals surface area contributed by atoms with Crippen molar-refractivity contribution in [2.24, 2.45) is 0 Å². The van der Waals surface area contributed by atoms with Gasteiger partial charge in [0.1, 0.15) is 15.6 Å². The maximum Gasteiger partial charge on any atom is 0.347 e. The van der Waals surface area contributed by atoms with Crippen molar-refractivity contribution in [3.8, 4) is 5.75 Å². The van der Waals surface area contributed by atoms with Crippen molar-refractivity contribution in [2.45, 2.75) is 46.6 Å². The predicted molar refractivity (Wildman–Crippen MR) is 101 cm³/mol. The second kappa shape index (κ2) is 8.31. The zero-order valence-electron chi connectivity index (χ0n) is 15.6. The second-order valence-electron chi connectivity index (χ2n) is 6.55. The molecule has 1 aromatic carbocycles. The van der Waals surface area contributed by atoms with Crippen molar-refractivity contribution in [3.63, 3.8) is 0 Å². The van der Waals surface area contributed by atoms with Gasteiger partial charge in [-0.2, -0.15) is 0 Å². The van der Waals surface area contributed by atoms with Crippen LogP contribution in [-0.2, 0) is 4.79 Å². The Kier molecular flexibility index (Phi) is 6.37. The van der Waals surface area contributed by atoms with E-state index in [9.17, 15) is 9.59 Å². The molecule has 2 rings (SSSR count). The molecule has 26 heavy (non-hydrogen) atoms. The van der Waals surface area contributed by atoms with E-state index in [1.165, 1.54) is 0 Å². The molecule has 0 saturated carbocycles. The molecular formula is C19H24N2O4S. The Hall–Kier alpha value is -2.41. The van der Waals surface area contributed by atoms with Crippen molar-refractivity contribution >= 4 is 23.2 Å². The van der Waals surface area contributed by atoms with Gasteiger partial charge >= 0.3 is 5.97 Å². The quantitative estimate of drug-likeness (QED) is 0.766. The van der Waals surface area contributed by atoms with Crippen molar-refractivity contribution < 1.29 is 19.4 Å². The summed E-state index contributed by atoms with van der Waals surface area (Å²) in [5.41, 5.74) is 2.58. The van der Waals surface area contributed by atoms with E-state index in [0.29, 0.717) is 22.4 Å². The van der Waals surface area contributed by atoms with E-state index in [0.717, 1.165) is 22.5 Å². The molecule has 0 spiro atoms. The highest BCUT2D eigenvalue weighted by Crippen LogP contribution is 2.27. The Bertz CT molecular complexity index is 814. The van der Waals surface area contributed by atoms with E-state index in [1.54, 1.807) is 13.8 Å². The number of rotatable bonds is 7. The van der Waals surface area contributed by atoms with E-state index in [2.05, 4.69) is 24.1 Å². The number of nitrogens with one attached hydrogen (secondary N) is 1. The van der Waals surface area contributed by atoms with Gasteiger partial charge in [-0.15, -0.1) is 11.3 Å². The number of carbonyl (C=O) groups is 2. The lowest BCUT2D eigenvalue weighted by molar-refractivity contribution is -0.123. The molecule has 0 aliphatic heterocycles. The van der Waals surface area contributed by atoms with Crippen LogP contribution in [0.4, 0.5) is 0 Å². The molecule has 0 aliphatic carbocycles. The van der Waals surface area contributed by atoms with E-state index in [-0.39, 0.29) is 23.4 Å². The highest BCUT2D eigenvalue weighted by molar-refractivity contribution is 7.13. The molecule has 0 bridgehead atoms. The SMILES string of the molecule is Cc1ccc(C(C)C)c(OCC(=O)NC(C)c2nc(C)c(C(=O)O)s2)c1. The first kappa shape index (κ1) is 19.9. The molecule has 1 amide bonds. The fourth-order valence-electron chi connectivity index (χ4n) is 2.53. The average Bonchev–Trinajstić information content (AvgIpc) is 2.95. The van der Waals surface area contributed by atoms with E-state index in [1.807, 2.05) is 25.1 Å². The molecule has 140 valence electrons. The maximum absolute atomic E-state index is 12.2. The summed E-state index contributed by atoms with van der Waals surface area (Å²) < 4.78 is 5.72. The Morgan fingerprint density at radius 2 is 1.96 bits per heavy atom. The highest BCUT2D eigenvalue weighted by atomic mass is 32.1. The van der Waals surface area contributed by atoms with Crippen LogP contribution >= 0.6 is 11.3 Å². The predicted octanol–water partition coefficient (Wildman–Crippen LogP) is 3.84. The Labute approximate surface area is 157 Å². The van der Waals surface area contributed by atoms with Crippen LogP contribution in [0.15, 0.2) is 18.2 Å². The fraction of sp³-hybridized carbons (Fsp3) is 0.421. The molecule has 0 fully saturated rings. The number of aromatic carboxylic acids is 1. The zero-order chi connectivity index (χ0) is 19.4. The summed E-state index contributed by atoms with van der Waals surface area (Å²) in [6.45, 7) is 9.43. The number of ether oxygens (including phenoxy) is 1. The number of carboxylic acid groups (broad SMARTS) is 1. The molecule has 0 saturated heterocycles. The Morgan fingerprint density at radius 1 is 1.27 bits per heavy atom. The fourth-order valence-corrected chi connectivity index (χ4v) is 3.44. The molecule has 0 radical (unpaired) electrons. The first-order valence-electron chi connectivity index (χ1n) is 8.42. The van der Waals surface area contributed by atoms with Gasteiger partial charge in [-0.05, 0) is 43.9 Å². The summed E-state index contributed by atoms with van der Waals surface area (Å²) in [5.74, 6) is -0.284. The molecule has 1 aromatic heterocycles. The summed E-state index contributed by atoms with van der Waals surface area (Å²) >= 11 is 1.07. The lowest BCUT2D eigenvalue weighted by Gasteiger charge is -2.16. The zero-order valence-corrected chi connectivity index (χ0v) is 16.4. The number of aryl methyl sites for hydroxylation is 2. The number of benzene rings is 1. The van der Waals surface area contributed by atoms with Crippen LogP contribution in [0.5, 0.6) is 5.75 Å². The Morgan fingerprint density at radius 3 is 2.54 bits per heavy atom. The van der Waals surface area contributed by atoms with Gasteiger partial charge in [0.2, 0.25) is 0 Å². The van der Waals surface area contributed by atoms with E-state index >= 15 is 0 Å². The largest absolute Gasteiger partial charge is 0.483 e. The third-order valence-corrected chi connectivity index (χ3v) is 5.23. The van der Waals surface area contributed by atoms with Gasteiger partial charge in [0.15, 0.2) is 6.61 Å². The van der Waals surface area contributed by atoms with Crippen molar-refractivity contribution in [1.82, 2.24) is 10.3 Å². The van der Waals surface area contributed by atoms with Crippen LogP contribution in [0, 0.1) is 13.8 Å². The summed E-state index contributed by atoms with van der Waals surface area (Å²) in [6.07, 6.45) is 0. The van der Waals surface area contributed by atoms with Crippen molar-refractivity contribution in [2.75, 3.05) is 6.61 Å². The van der Waals surface area contributed by atoms with E-state index in [4.69, 9.17) is 9.84 Å². The molecule has 2 N–H and O–H groups in total. The van der Waals surface area contributed by atoms with Crippen LogP contribution < -0.4 is 10.1 Å². The van der Waals surface area contributed by atoms with Gasteiger partial charge in [-0.1, -0.05) is 26.0 Å². The number of carboxylic acids is 1. The number of hydrogen-bond donors (Lipinski definition) is 2. The molecule has 6 nitrogen and oxygen atoms in total. The van der Waals surface area contributed by atoms with Crippen LogP contribution in [-0.4, -0.2) is 28.6 Å². The molecule has 0 aliphatic rings. The third-order valence-electron chi connectivity index (χ3n) is 3.91. The smallest absolute Gasteiger partial charge is 0.347 e. The number of hydrogen-bond acceptors (Lipinski definition) is 5. The maximum atomic E-state index is 12.2. The minimum absolute atomic E-state index is 0.107. The average molecular weight is 376 g/mol. The van der Waals surface area contributed by atoms with Gasteiger partial charge in [0, 0.05) is 0 Å². The molecule has 2 aromatic rings. The molecule has 1 unspecified atom stereocenters. The van der Waals surface area contributed by atoms with Gasteiger partial charge in [-0.25, -0.2) is 9.78 Å². The third kappa shape index (κ3) is 4.82. The van der Waals surface area contributed by atoms with Gasteiger partial charge in [0.25, 0.3) is 5.91 Å². The Balaban J connectivity index is 2.00. The standard InChI is InChI=1S/C19H24N2O4S/c1-10(2)14-7-6-11(3)8-15(14)25-9-16(22)20-13(5)18-21-12(4)17(26-18)19(23)24/h6-8,10,13H,9H2,1-5H3,(H,20,22)(H,23,24). The van der Waals surface area contributed by atoms with Gasteiger partial charge in [0.05, 0.1) is 11.7 Å². The second-order valence-corrected chi connectivity index (χ2v) is 7.58. The normalized spacial score (nSPS) is 12.1. The summed E-state index contributed by atoms with van der Waals surface area (Å²) in [4.78, 5) is 27.8. The number of carbonyl (C=O) groups excluding carboxylic acids is 1. The lowest BCUT2D eigenvalue weighted by Crippen LogP contribution is -2.31. The van der Waals surface area contributed by atoms with Gasteiger partial charge < -0.3 is 15.2 Å². The number of thiazole rings is 1. The minimum atomic E-state index is -1.01. The molecule has 1 heterocycles. The first-order valence-corrected chi connectivity index (χ1v) is 9.24. The summed E-state index contributed by atoms with van der Waals surface area (Å²) in [6, 6.07) is 5.58. The number of aromatic nitrogens is 1. The first-order chi connectivity index (χ1) is 12.2. The minimum Gasteiger partial charge on any atom is -0.483 e.